The average molecular weight is 1210 g/mol. The molecule has 0 aromatic rings. The average Bonchev–Trinajstić information content (AvgIpc) is 3.48. The fourth-order valence-electron chi connectivity index (χ4n) is 10.2. The van der Waals surface area contributed by atoms with Crippen LogP contribution >= 0.6 is 7.82 Å². The summed E-state index contributed by atoms with van der Waals surface area (Å²) in [6.45, 7) is 6.98. The highest BCUT2D eigenvalue weighted by atomic mass is 31.2. The van der Waals surface area contributed by atoms with E-state index in [2.05, 4.69) is 99.0 Å². The molecule has 0 radical (unpaired) electrons. The molecule has 0 aliphatic rings. The molecule has 0 fully saturated rings. The van der Waals surface area contributed by atoms with E-state index in [1.54, 1.807) is 0 Å². The lowest BCUT2D eigenvalue weighted by molar-refractivity contribution is -0.870. The number of esters is 1. The van der Waals surface area contributed by atoms with Crippen molar-refractivity contribution in [3.05, 3.63) is 85.1 Å². The summed E-state index contributed by atoms with van der Waals surface area (Å²) in [5.74, 6) is -0.508. The molecule has 0 saturated heterocycles. The molecular formula is C75H138N2O7P+. The van der Waals surface area contributed by atoms with Gasteiger partial charge in [-0.2, -0.15) is 0 Å². The van der Waals surface area contributed by atoms with E-state index in [4.69, 9.17) is 13.8 Å². The number of carbonyl (C=O) groups is 2. The number of quaternary nitrogens is 1. The summed E-state index contributed by atoms with van der Waals surface area (Å²) < 4.78 is 30.9. The van der Waals surface area contributed by atoms with Gasteiger partial charge in [0.15, 0.2) is 0 Å². The highest BCUT2D eigenvalue weighted by Gasteiger charge is 2.30. The summed E-state index contributed by atoms with van der Waals surface area (Å²) in [6, 6.07) is -0.858. The minimum atomic E-state index is -4.46. The van der Waals surface area contributed by atoms with Crippen molar-refractivity contribution in [2.45, 2.75) is 341 Å². The summed E-state index contributed by atoms with van der Waals surface area (Å²) in [5, 5.41) is 3.07. The van der Waals surface area contributed by atoms with Crippen LogP contribution in [0.5, 0.6) is 0 Å². The summed E-state index contributed by atoms with van der Waals surface area (Å²) in [4.78, 5) is 37.9. The van der Waals surface area contributed by atoms with Crippen molar-refractivity contribution in [1.82, 2.24) is 5.32 Å². The number of nitrogens with zero attached hydrogens (tertiary/aromatic N) is 1. The van der Waals surface area contributed by atoms with Gasteiger partial charge in [-0.05, 0) is 109 Å². The first-order valence-corrected chi connectivity index (χ1v) is 37.4. The van der Waals surface area contributed by atoms with Crippen molar-refractivity contribution in [2.24, 2.45) is 0 Å². The Labute approximate surface area is 526 Å². The normalized spacial score (nSPS) is 14.0. The van der Waals surface area contributed by atoms with Crippen LogP contribution in [0.15, 0.2) is 85.1 Å². The van der Waals surface area contributed by atoms with Gasteiger partial charge in [0.05, 0.1) is 33.8 Å². The largest absolute Gasteiger partial charge is 0.472 e. The van der Waals surface area contributed by atoms with E-state index in [9.17, 15) is 19.0 Å². The molecule has 0 aliphatic carbocycles. The molecule has 494 valence electrons. The van der Waals surface area contributed by atoms with Crippen LogP contribution in [0.2, 0.25) is 0 Å². The van der Waals surface area contributed by atoms with E-state index in [0.29, 0.717) is 17.4 Å². The maximum Gasteiger partial charge on any atom is 0.472 e. The van der Waals surface area contributed by atoms with Crippen LogP contribution in [-0.4, -0.2) is 74.3 Å². The Kier molecular flexibility index (Phi) is 62.1. The first-order chi connectivity index (χ1) is 41.4. The highest BCUT2D eigenvalue weighted by molar-refractivity contribution is 7.47. The van der Waals surface area contributed by atoms with Gasteiger partial charge in [-0.15, -0.1) is 0 Å². The number of likely N-dealkylation sites (N-methyl/N-ethyl adjacent to an activating group) is 1. The third-order valence-electron chi connectivity index (χ3n) is 15.8. The fourth-order valence-corrected chi connectivity index (χ4v) is 11.0. The van der Waals surface area contributed by atoms with Gasteiger partial charge < -0.3 is 19.4 Å². The minimum Gasteiger partial charge on any atom is -0.456 e. The summed E-state index contributed by atoms with van der Waals surface area (Å²) >= 11 is 0. The third kappa shape index (κ3) is 65.5. The molecule has 0 heterocycles. The van der Waals surface area contributed by atoms with Crippen LogP contribution in [0.1, 0.15) is 329 Å². The number of phosphoric acid groups is 1. The van der Waals surface area contributed by atoms with E-state index in [1.165, 1.54) is 199 Å². The van der Waals surface area contributed by atoms with Crippen LogP contribution in [0.3, 0.4) is 0 Å². The lowest BCUT2D eigenvalue weighted by atomic mass is 10.0. The Balaban J connectivity index is 5.12. The maximum atomic E-state index is 13.6. The molecule has 0 spiro atoms. The number of rotatable bonds is 65. The molecular weight excluding hydrogens is 1070 g/mol. The second kappa shape index (κ2) is 64.2. The second-order valence-corrected chi connectivity index (χ2v) is 26.9. The standard InChI is InChI=1S/C75H137N2O7P/c1-7-10-13-16-19-22-25-28-30-32-34-36-37-38-39-41-43-45-47-50-53-56-59-62-65-68-75(79)84-73(66-63-60-57-54-51-48-27-24-21-18-15-12-9-3)72(71-83-85(80,81)82-70-69-77(4,5)6)76-74(78)67-64-61-58-55-52-49-46-44-42-40-35-33-31-29-26-23-20-17-14-11-8-2/h19-20,22-23,28-31,34-36,40,63,66,72-73H,7-18,21,24-27,32-33,37-39,41-62,64-65,67-71H2,1-6H3,(H-,76,78,80,81)/p+1/b22-19-,23-20-,30-28-,31-29-,36-34-,40-35-,66-63+. The van der Waals surface area contributed by atoms with Gasteiger partial charge >= 0.3 is 13.8 Å². The quantitative estimate of drug-likeness (QED) is 0.0205. The number of phosphoric ester groups is 1. The SMILES string of the molecule is CCCCC/C=C\C/C=C\C/C=C\CCCCCCCCCCCCCCC(=O)OC(/C=C/CCCCCCCCCCCCC)C(COP(=O)(O)OCC[N+](C)(C)C)NC(=O)CCCCCCCCCC/C=C\C/C=C\C/C=C\CCCCC. The molecule has 0 aromatic heterocycles. The van der Waals surface area contributed by atoms with Gasteiger partial charge in [0.2, 0.25) is 5.91 Å². The Morgan fingerprint density at radius 3 is 1.09 bits per heavy atom. The van der Waals surface area contributed by atoms with Crippen molar-refractivity contribution in [1.29, 1.82) is 0 Å². The monoisotopic (exact) mass is 1210 g/mol. The zero-order chi connectivity index (χ0) is 62.1. The van der Waals surface area contributed by atoms with E-state index in [0.717, 1.165) is 96.3 Å². The van der Waals surface area contributed by atoms with E-state index >= 15 is 0 Å². The molecule has 10 heteroatoms. The molecule has 0 aromatic carbocycles. The van der Waals surface area contributed by atoms with Crippen molar-refractivity contribution in [3.8, 4) is 0 Å². The van der Waals surface area contributed by atoms with Gasteiger partial charge in [-0.3, -0.25) is 18.6 Å². The Bertz CT molecular complexity index is 1730. The van der Waals surface area contributed by atoms with E-state index < -0.39 is 20.0 Å². The third-order valence-corrected chi connectivity index (χ3v) is 16.8. The van der Waals surface area contributed by atoms with E-state index in [1.807, 2.05) is 33.3 Å². The molecule has 0 aliphatic heterocycles. The maximum absolute atomic E-state index is 13.6. The van der Waals surface area contributed by atoms with Crippen LogP contribution in [-0.2, 0) is 27.9 Å². The van der Waals surface area contributed by atoms with Gasteiger partial charge in [0.25, 0.3) is 0 Å². The summed E-state index contributed by atoms with van der Waals surface area (Å²) in [5.41, 5.74) is 0. The molecule has 3 unspecified atom stereocenters. The van der Waals surface area contributed by atoms with Crippen molar-refractivity contribution in [2.75, 3.05) is 40.9 Å². The number of nitrogens with one attached hydrogen (secondary N) is 1. The molecule has 85 heavy (non-hydrogen) atoms. The van der Waals surface area contributed by atoms with Crippen LogP contribution in [0, 0.1) is 0 Å². The van der Waals surface area contributed by atoms with Crippen molar-refractivity contribution in [3.63, 3.8) is 0 Å². The fraction of sp³-hybridized carbons (Fsp3) is 0.787. The zero-order valence-electron chi connectivity index (χ0n) is 56.6. The first kappa shape index (κ1) is 82.2. The second-order valence-electron chi connectivity index (χ2n) is 25.4. The topological polar surface area (TPSA) is 111 Å². The summed E-state index contributed by atoms with van der Waals surface area (Å²) in [7, 11) is 1.49. The van der Waals surface area contributed by atoms with Crippen LogP contribution < -0.4 is 5.32 Å². The number of hydrogen-bond acceptors (Lipinski definition) is 6. The molecule has 2 N–H and O–H groups in total. The van der Waals surface area contributed by atoms with Crippen molar-refractivity contribution < 1.29 is 37.3 Å². The molecule has 1 amide bonds. The molecule has 0 bridgehead atoms. The lowest BCUT2D eigenvalue weighted by Gasteiger charge is -2.27. The number of amides is 1. The Hall–Kier alpha value is -2.81. The number of allylic oxidation sites excluding steroid dienone is 13. The lowest BCUT2D eigenvalue weighted by Crippen LogP contribution is -2.47. The predicted molar refractivity (Wildman–Crippen MR) is 369 cm³/mol. The Morgan fingerprint density at radius 2 is 0.718 bits per heavy atom. The number of carbonyl (C=O) groups excluding carboxylic acids is 2. The summed E-state index contributed by atoms with van der Waals surface area (Å²) in [6.07, 6.45) is 85.8. The zero-order valence-corrected chi connectivity index (χ0v) is 57.5. The number of hydrogen-bond donors (Lipinski definition) is 2. The number of unbranched alkanes of at least 4 members (excludes halogenated alkanes) is 37. The first-order valence-electron chi connectivity index (χ1n) is 35.9. The molecule has 0 rings (SSSR count). The smallest absolute Gasteiger partial charge is 0.456 e. The minimum absolute atomic E-state index is 0.0361. The highest BCUT2D eigenvalue weighted by Crippen LogP contribution is 2.43. The molecule has 0 saturated carbocycles. The van der Waals surface area contributed by atoms with Gasteiger partial charge in [0, 0.05) is 12.8 Å². The van der Waals surface area contributed by atoms with Gasteiger partial charge in [-0.25, -0.2) is 4.57 Å². The molecule has 3 atom stereocenters. The van der Waals surface area contributed by atoms with Crippen molar-refractivity contribution >= 4 is 19.7 Å². The molecule has 9 nitrogen and oxygen atoms in total. The predicted octanol–water partition coefficient (Wildman–Crippen LogP) is 22.9. The van der Waals surface area contributed by atoms with E-state index in [-0.39, 0.29) is 31.5 Å². The van der Waals surface area contributed by atoms with Crippen LogP contribution in [0.25, 0.3) is 0 Å². The van der Waals surface area contributed by atoms with Crippen LogP contribution in [0.4, 0.5) is 0 Å². The van der Waals surface area contributed by atoms with Gasteiger partial charge in [0.1, 0.15) is 19.3 Å². The Morgan fingerprint density at radius 1 is 0.412 bits per heavy atom. The number of ether oxygens (including phenoxy) is 1. The van der Waals surface area contributed by atoms with Gasteiger partial charge in [-0.1, -0.05) is 292 Å².